The number of thioether (sulfide) groups is 1. The molecule has 0 spiro atoms. The van der Waals surface area contributed by atoms with Gasteiger partial charge in [0.25, 0.3) is 0 Å². The summed E-state index contributed by atoms with van der Waals surface area (Å²) in [5.41, 5.74) is -1.22. The Morgan fingerprint density at radius 3 is 2.59 bits per heavy atom. The van der Waals surface area contributed by atoms with Crippen LogP contribution < -0.4 is 5.32 Å². The van der Waals surface area contributed by atoms with Crippen molar-refractivity contribution < 1.29 is 14.3 Å². The summed E-state index contributed by atoms with van der Waals surface area (Å²) < 4.78 is 5.43. The highest BCUT2D eigenvalue weighted by Gasteiger charge is 2.28. The molecule has 0 fully saturated rings. The number of carbonyl (C=O) groups excluding carboxylic acids is 1. The van der Waals surface area contributed by atoms with E-state index >= 15 is 0 Å². The summed E-state index contributed by atoms with van der Waals surface area (Å²) in [5.74, 6) is 1.07. The van der Waals surface area contributed by atoms with Gasteiger partial charge in [-0.05, 0) is 45.0 Å². The molecule has 2 N–H and O–H groups in total. The van der Waals surface area contributed by atoms with Crippen LogP contribution in [0.5, 0.6) is 0 Å². The number of furan rings is 1. The van der Waals surface area contributed by atoms with Crippen molar-refractivity contribution in [1.82, 2.24) is 5.32 Å². The minimum atomic E-state index is -1.22. The number of benzene rings is 1. The van der Waals surface area contributed by atoms with E-state index in [1.807, 2.05) is 44.2 Å². The molecule has 0 radical (unpaired) electrons. The van der Waals surface area contributed by atoms with E-state index in [1.54, 1.807) is 19.1 Å². The molecule has 0 aliphatic heterocycles. The summed E-state index contributed by atoms with van der Waals surface area (Å²) in [5, 5.41) is 12.9. The maximum Gasteiger partial charge on any atom is 0.233 e. The predicted molar refractivity (Wildman–Crippen MR) is 87.8 cm³/mol. The number of carbonyl (C=O) groups is 1. The van der Waals surface area contributed by atoms with Gasteiger partial charge in [0.2, 0.25) is 5.91 Å². The van der Waals surface area contributed by atoms with Crippen LogP contribution >= 0.6 is 11.8 Å². The van der Waals surface area contributed by atoms with Crippen LogP contribution in [-0.2, 0) is 10.4 Å². The highest BCUT2D eigenvalue weighted by molar-refractivity contribution is 8.00. The van der Waals surface area contributed by atoms with E-state index in [9.17, 15) is 9.90 Å². The molecule has 0 saturated heterocycles. The predicted octanol–water partition coefficient (Wildman–Crippen LogP) is 3.09. The Balaban J connectivity index is 1.89. The Morgan fingerprint density at radius 1 is 1.32 bits per heavy atom. The van der Waals surface area contributed by atoms with Gasteiger partial charge in [-0.3, -0.25) is 4.79 Å². The van der Waals surface area contributed by atoms with E-state index in [-0.39, 0.29) is 17.7 Å². The van der Waals surface area contributed by atoms with Crippen LogP contribution in [0.15, 0.2) is 51.8 Å². The van der Waals surface area contributed by atoms with Gasteiger partial charge in [0.1, 0.15) is 17.1 Å². The first-order valence-electron chi connectivity index (χ1n) is 7.17. The SMILES string of the molecule is Cc1ccc(C(C)(O)CNC(=O)C(C)Sc2ccccc2)o1. The van der Waals surface area contributed by atoms with Crippen LogP contribution in [0, 0.1) is 6.92 Å². The van der Waals surface area contributed by atoms with E-state index in [1.165, 1.54) is 11.8 Å². The van der Waals surface area contributed by atoms with Crippen LogP contribution in [0.1, 0.15) is 25.4 Å². The molecule has 22 heavy (non-hydrogen) atoms. The van der Waals surface area contributed by atoms with Crippen molar-refractivity contribution in [2.75, 3.05) is 6.54 Å². The average Bonchev–Trinajstić information content (AvgIpc) is 2.93. The Kier molecular flexibility index (Phi) is 5.32. The van der Waals surface area contributed by atoms with Crippen LogP contribution in [0.4, 0.5) is 0 Å². The van der Waals surface area contributed by atoms with Crippen molar-refractivity contribution in [2.45, 2.75) is 36.5 Å². The summed E-state index contributed by atoms with van der Waals surface area (Å²) >= 11 is 1.49. The Morgan fingerprint density at radius 2 is 2.00 bits per heavy atom. The first-order valence-corrected chi connectivity index (χ1v) is 8.05. The fourth-order valence-corrected chi connectivity index (χ4v) is 2.88. The highest BCUT2D eigenvalue weighted by atomic mass is 32.2. The molecular weight excluding hydrogens is 298 g/mol. The van der Waals surface area contributed by atoms with Gasteiger partial charge in [-0.25, -0.2) is 0 Å². The fourth-order valence-electron chi connectivity index (χ4n) is 1.97. The van der Waals surface area contributed by atoms with Gasteiger partial charge in [-0.2, -0.15) is 0 Å². The van der Waals surface area contributed by atoms with Crippen molar-refractivity contribution in [3.8, 4) is 0 Å². The van der Waals surface area contributed by atoms with Gasteiger partial charge < -0.3 is 14.8 Å². The molecular formula is C17H21NO3S. The zero-order valence-corrected chi connectivity index (χ0v) is 13.8. The summed E-state index contributed by atoms with van der Waals surface area (Å²) in [6.45, 7) is 5.40. The van der Waals surface area contributed by atoms with Crippen LogP contribution in [-0.4, -0.2) is 22.8 Å². The number of aryl methyl sites for hydroxylation is 1. The Hall–Kier alpha value is -1.72. The minimum Gasteiger partial charge on any atom is -0.463 e. The fraction of sp³-hybridized carbons (Fsp3) is 0.353. The lowest BCUT2D eigenvalue weighted by atomic mass is 10.0. The number of hydrogen-bond acceptors (Lipinski definition) is 4. The maximum absolute atomic E-state index is 12.2. The molecule has 2 atom stereocenters. The first-order chi connectivity index (χ1) is 10.4. The molecule has 5 heteroatoms. The number of nitrogens with one attached hydrogen (secondary N) is 1. The smallest absolute Gasteiger partial charge is 0.233 e. The summed E-state index contributed by atoms with van der Waals surface area (Å²) in [6, 6.07) is 13.3. The van der Waals surface area contributed by atoms with Gasteiger partial charge in [-0.15, -0.1) is 11.8 Å². The normalized spacial score (nSPS) is 15.1. The number of rotatable bonds is 6. The molecule has 118 valence electrons. The van der Waals surface area contributed by atoms with Gasteiger partial charge in [0, 0.05) is 4.90 Å². The highest BCUT2D eigenvalue weighted by Crippen LogP contribution is 2.24. The van der Waals surface area contributed by atoms with Gasteiger partial charge >= 0.3 is 0 Å². The molecule has 4 nitrogen and oxygen atoms in total. The largest absolute Gasteiger partial charge is 0.463 e. The van der Waals surface area contributed by atoms with E-state index < -0.39 is 5.60 Å². The van der Waals surface area contributed by atoms with Gasteiger partial charge in [-0.1, -0.05) is 18.2 Å². The van der Waals surface area contributed by atoms with Crippen LogP contribution in [0.3, 0.4) is 0 Å². The van der Waals surface area contributed by atoms with E-state index in [0.29, 0.717) is 5.76 Å². The molecule has 1 amide bonds. The van der Waals surface area contributed by atoms with Gasteiger partial charge in [0.15, 0.2) is 0 Å². The lowest BCUT2D eigenvalue weighted by Gasteiger charge is -2.22. The average molecular weight is 319 g/mol. The monoisotopic (exact) mass is 319 g/mol. The first kappa shape index (κ1) is 16.6. The van der Waals surface area contributed by atoms with Gasteiger partial charge in [0.05, 0.1) is 11.8 Å². The molecule has 2 rings (SSSR count). The summed E-state index contributed by atoms with van der Waals surface area (Å²) in [7, 11) is 0. The number of aliphatic hydroxyl groups is 1. The second-order valence-electron chi connectivity index (χ2n) is 5.48. The molecule has 1 heterocycles. The second kappa shape index (κ2) is 7.03. The molecule has 0 aliphatic rings. The summed E-state index contributed by atoms with van der Waals surface area (Å²) in [4.78, 5) is 13.2. The number of hydrogen-bond donors (Lipinski definition) is 2. The Bertz CT molecular complexity index is 622. The third-order valence-electron chi connectivity index (χ3n) is 3.30. The van der Waals surface area contributed by atoms with E-state index in [0.717, 1.165) is 10.7 Å². The van der Waals surface area contributed by atoms with Crippen LogP contribution in [0.25, 0.3) is 0 Å². The van der Waals surface area contributed by atoms with Crippen molar-refractivity contribution >= 4 is 17.7 Å². The molecule has 2 aromatic rings. The third kappa shape index (κ3) is 4.39. The minimum absolute atomic E-state index is 0.110. The summed E-state index contributed by atoms with van der Waals surface area (Å²) in [6.07, 6.45) is 0. The molecule has 2 unspecified atom stereocenters. The zero-order valence-electron chi connectivity index (χ0n) is 13.0. The van der Waals surface area contributed by atoms with Crippen molar-refractivity contribution in [3.05, 3.63) is 54.0 Å². The van der Waals surface area contributed by atoms with E-state index in [2.05, 4.69) is 5.32 Å². The zero-order chi connectivity index (χ0) is 16.2. The third-order valence-corrected chi connectivity index (χ3v) is 4.42. The van der Waals surface area contributed by atoms with Crippen molar-refractivity contribution in [2.24, 2.45) is 0 Å². The Labute approximate surface area is 134 Å². The van der Waals surface area contributed by atoms with Crippen LogP contribution in [0.2, 0.25) is 0 Å². The molecule has 1 aromatic heterocycles. The topological polar surface area (TPSA) is 62.5 Å². The lowest BCUT2D eigenvalue weighted by molar-refractivity contribution is -0.121. The maximum atomic E-state index is 12.2. The van der Waals surface area contributed by atoms with E-state index in [4.69, 9.17) is 4.42 Å². The quantitative estimate of drug-likeness (QED) is 0.803. The molecule has 0 saturated carbocycles. The lowest BCUT2D eigenvalue weighted by Crippen LogP contribution is -2.41. The van der Waals surface area contributed by atoms with Crippen molar-refractivity contribution in [3.63, 3.8) is 0 Å². The number of amides is 1. The molecule has 0 aliphatic carbocycles. The standard InChI is InChI=1S/C17H21NO3S/c1-12-9-10-15(21-12)17(3,20)11-18-16(19)13(2)22-14-7-5-4-6-8-14/h4-10,13,20H,11H2,1-3H3,(H,18,19). The molecule has 1 aromatic carbocycles. The molecule has 0 bridgehead atoms. The second-order valence-corrected chi connectivity index (χ2v) is 6.89. The van der Waals surface area contributed by atoms with Crippen molar-refractivity contribution in [1.29, 1.82) is 0 Å².